The van der Waals surface area contributed by atoms with E-state index in [1.807, 2.05) is 24.3 Å². The molecule has 0 atom stereocenters. The Bertz CT molecular complexity index is 1320. The Balaban J connectivity index is 0.00000484. The largest absolute Gasteiger partial charge is 0.465 e. The number of hydrogen-bond donors (Lipinski definition) is 1. The van der Waals surface area contributed by atoms with E-state index in [0.29, 0.717) is 0 Å². The molecule has 42 heavy (non-hydrogen) atoms. The summed E-state index contributed by atoms with van der Waals surface area (Å²) in [6.07, 6.45) is 2.53. The standard InChI is InChI=1S/C29H36N6O6.ClH/c1-3-40-25(36)20-34(28-26(35(37)38)27(30)31-29(32-28)41-17-16-39-2)19-22-8-12-24(13-9-22)23-10-6-21(7-11-23)18-33-14-4-5-15-33;/h6-13H,3-5,14-20H2,1-2H3,(H2,30,31,32);1H. The number of carbonyl (C=O) groups is 1. The van der Waals surface area contributed by atoms with Crippen LogP contribution in [0.15, 0.2) is 48.5 Å². The van der Waals surface area contributed by atoms with Gasteiger partial charge in [-0.1, -0.05) is 48.5 Å². The minimum atomic E-state index is -0.668. The first kappa shape index (κ1) is 32.5. The van der Waals surface area contributed by atoms with Crippen molar-refractivity contribution in [2.75, 3.05) is 57.2 Å². The number of carbonyl (C=O) groups excluding carboxylic acids is 1. The molecule has 1 aromatic heterocycles. The molecular formula is C29H37ClN6O6. The summed E-state index contributed by atoms with van der Waals surface area (Å²) in [5.74, 6) is -1.07. The van der Waals surface area contributed by atoms with Crippen LogP contribution in [0.5, 0.6) is 6.01 Å². The SMILES string of the molecule is CCOC(=O)CN(Cc1ccc(-c2ccc(CN3CCCC3)cc2)cc1)c1nc(OCCOC)nc(N)c1[N+](=O)[O-].Cl. The molecule has 0 radical (unpaired) electrons. The van der Waals surface area contributed by atoms with Gasteiger partial charge in [-0.05, 0) is 55.1 Å². The van der Waals surface area contributed by atoms with Crippen molar-refractivity contribution in [1.82, 2.24) is 14.9 Å². The number of rotatable bonds is 14. The van der Waals surface area contributed by atoms with Crippen molar-refractivity contribution in [1.29, 1.82) is 0 Å². The maximum absolute atomic E-state index is 12.5. The van der Waals surface area contributed by atoms with Crippen molar-refractivity contribution >= 4 is 35.7 Å². The molecule has 0 aliphatic carbocycles. The molecule has 0 amide bonds. The molecule has 2 heterocycles. The summed E-state index contributed by atoms with van der Waals surface area (Å²) in [7, 11) is 1.51. The second-order valence-electron chi connectivity index (χ2n) is 9.70. The Labute approximate surface area is 251 Å². The molecule has 1 fully saturated rings. The van der Waals surface area contributed by atoms with Crippen LogP contribution in [0.1, 0.15) is 30.9 Å². The second kappa shape index (κ2) is 15.9. The van der Waals surface area contributed by atoms with Gasteiger partial charge in [0.1, 0.15) is 13.2 Å². The van der Waals surface area contributed by atoms with Crippen molar-refractivity contribution in [2.24, 2.45) is 0 Å². The number of nitrogens with two attached hydrogens (primary N) is 1. The fraction of sp³-hybridized carbons (Fsp3) is 0.414. The van der Waals surface area contributed by atoms with Crippen LogP contribution in [-0.4, -0.2) is 72.3 Å². The van der Waals surface area contributed by atoms with Gasteiger partial charge in [-0.15, -0.1) is 12.4 Å². The third-order valence-corrected chi connectivity index (χ3v) is 6.72. The molecule has 1 aliphatic heterocycles. The van der Waals surface area contributed by atoms with Gasteiger partial charge in [0.05, 0.1) is 18.1 Å². The lowest BCUT2D eigenvalue weighted by Crippen LogP contribution is -2.32. The van der Waals surface area contributed by atoms with Crippen LogP contribution in [0.25, 0.3) is 11.1 Å². The van der Waals surface area contributed by atoms with E-state index in [9.17, 15) is 14.9 Å². The summed E-state index contributed by atoms with van der Waals surface area (Å²) in [6.45, 7) is 5.35. The first-order chi connectivity index (χ1) is 19.9. The zero-order valence-electron chi connectivity index (χ0n) is 23.9. The molecule has 0 saturated carbocycles. The van der Waals surface area contributed by atoms with E-state index in [4.69, 9.17) is 19.9 Å². The van der Waals surface area contributed by atoms with E-state index < -0.39 is 16.6 Å². The van der Waals surface area contributed by atoms with Crippen molar-refractivity contribution in [2.45, 2.75) is 32.9 Å². The summed E-state index contributed by atoms with van der Waals surface area (Å²) in [4.78, 5) is 35.8. The van der Waals surface area contributed by atoms with E-state index in [1.54, 1.807) is 6.92 Å². The number of nitro groups is 1. The summed E-state index contributed by atoms with van der Waals surface area (Å²) < 4.78 is 15.6. The summed E-state index contributed by atoms with van der Waals surface area (Å²) >= 11 is 0. The normalized spacial score (nSPS) is 12.9. The van der Waals surface area contributed by atoms with Gasteiger partial charge in [0.2, 0.25) is 11.6 Å². The lowest BCUT2D eigenvalue weighted by molar-refractivity contribution is -0.383. The number of benzene rings is 2. The maximum atomic E-state index is 12.5. The molecule has 4 rings (SSSR count). The third kappa shape index (κ3) is 8.75. The minimum Gasteiger partial charge on any atom is -0.465 e. The number of likely N-dealkylation sites (tertiary alicyclic amines) is 1. The van der Waals surface area contributed by atoms with E-state index in [0.717, 1.165) is 36.3 Å². The molecular weight excluding hydrogens is 564 g/mol. The number of aromatic nitrogens is 2. The molecule has 2 aromatic carbocycles. The monoisotopic (exact) mass is 600 g/mol. The summed E-state index contributed by atoms with van der Waals surface area (Å²) in [6, 6.07) is 16.2. The second-order valence-corrected chi connectivity index (χ2v) is 9.70. The molecule has 13 heteroatoms. The molecule has 12 nitrogen and oxygen atoms in total. The van der Waals surface area contributed by atoms with E-state index in [1.165, 1.54) is 30.4 Å². The summed E-state index contributed by atoms with van der Waals surface area (Å²) in [5.41, 5.74) is 9.63. The molecule has 0 spiro atoms. The van der Waals surface area contributed by atoms with Crippen molar-refractivity contribution < 1.29 is 23.9 Å². The number of ether oxygens (including phenoxy) is 3. The zero-order valence-corrected chi connectivity index (χ0v) is 24.7. The van der Waals surface area contributed by atoms with Crippen molar-refractivity contribution in [3.05, 3.63) is 69.8 Å². The van der Waals surface area contributed by atoms with Gasteiger partial charge in [0, 0.05) is 20.2 Å². The third-order valence-electron chi connectivity index (χ3n) is 6.72. The van der Waals surface area contributed by atoms with Crippen molar-refractivity contribution in [3.63, 3.8) is 0 Å². The molecule has 226 valence electrons. The first-order valence-corrected chi connectivity index (χ1v) is 13.6. The average Bonchev–Trinajstić information content (AvgIpc) is 3.46. The lowest BCUT2D eigenvalue weighted by Gasteiger charge is -2.23. The Morgan fingerprint density at radius 2 is 1.64 bits per heavy atom. The van der Waals surface area contributed by atoms with Crippen LogP contribution in [-0.2, 0) is 27.4 Å². The Morgan fingerprint density at radius 3 is 2.21 bits per heavy atom. The number of nitrogens with zero attached hydrogens (tertiary/aromatic N) is 5. The van der Waals surface area contributed by atoms with Crippen LogP contribution in [0.2, 0.25) is 0 Å². The number of hydrogen-bond acceptors (Lipinski definition) is 11. The highest BCUT2D eigenvalue weighted by atomic mass is 35.5. The van der Waals surface area contributed by atoms with Gasteiger partial charge in [-0.3, -0.25) is 19.8 Å². The predicted molar refractivity (Wildman–Crippen MR) is 162 cm³/mol. The van der Waals surface area contributed by atoms with Gasteiger partial charge in [0.15, 0.2) is 0 Å². The number of anilines is 2. The number of methoxy groups -OCH3 is 1. The molecule has 1 saturated heterocycles. The van der Waals surface area contributed by atoms with Crippen LogP contribution in [0, 0.1) is 10.1 Å². The van der Waals surface area contributed by atoms with Gasteiger partial charge in [-0.25, -0.2) is 0 Å². The first-order valence-electron chi connectivity index (χ1n) is 13.6. The van der Waals surface area contributed by atoms with Crippen LogP contribution in [0.3, 0.4) is 0 Å². The quantitative estimate of drug-likeness (QED) is 0.123. The fourth-order valence-corrected chi connectivity index (χ4v) is 4.71. The van der Waals surface area contributed by atoms with Crippen LogP contribution in [0.4, 0.5) is 17.3 Å². The molecule has 1 aliphatic rings. The average molecular weight is 601 g/mol. The number of halogens is 1. The molecule has 0 bridgehead atoms. The minimum absolute atomic E-state index is 0. The topological polar surface area (TPSA) is 146 Å². The highest BCUT2D eigenvalue weighted by molar-refractivity contribution is 5.85. The Morgan fingerprint density at radius 1 is 1.02 bits per heavy atom. The van der Waals surface area contributed by atoms with Crippen LogP contribution < -0.4 is 15.4 Å². The van der Waals surface area contributed by atoms with Gasteiger partial charge < -0.3 is 24.8 Å². The fourth-order valence-electron chi connectivity index (χ4n) is 4.71. The highest BCUT2D eigenvalue weighted by Gasteiger charge is 2.29. The number of nitrogen functional groups attached to an aromatic ring is 1. The van der Waals surface area contributed by atoms with Gasteiger partial charge >= 0.3 is 17.7 Å². The predicted octanol–water partition coefficient (Wildman–Crippen LogP) is 4.25. The maximum Gasteiger partial charge on any atom is 0.353 e. The zero-order chi connectivity index (χ0) is 29.2. The van der Waals surface area contributed by atoms with Gasteiger partial charge in [0.25, 0.3) is 0 Å². The molecule has 0 unspecified atom stereocenters. The Hall–Kier alpha value is -4.00. The van der Waals surface area contributed by atoms with Gasteiger partial charge in [-0.2, -0.15) is 9.97 Å². The van der Waals surface area contributed by atoms with E-state index >= 15 is 0 Å². The Kier molecular flexibility index (Phi) is 12.3. The summed E-state index contributed by atoms with van der Waals surface area (Å²) in [5, 5.41) is 11.9. The van der Waals surface area contributed by atoms with Crippen LogP contribution >= 0.6 is 12.4 Å². The van der Waals surface area contributed by atoms with Crippen molar-refractivity contribution in [3.8, 4) is 17.1 Å². The van der Waals surface area contributed by atoms with E-state index in [-0.39, 0.29) is 63.0 Å². The lowest BCUT2D eigenvalue weighted by atomic mass is 10.0. The highest BCUT2D eigenvalue weighted by Crippen LogP contribution is 2.34. The smallest absolute Gasteiger partial charge is 0.353 e. The molecule has 2 N–H and O–H groups in total. The number of esters is 1. The van der Waals surface area contributed by atoms with E-state index in [2.05, 4.69) is 39.1 Å². The molecule has 3 aromatic rings.